The van der Waals surface area contributed by atoms with Crippen LogP contribution in [-0.4, -0.2) is 54.0 Å². The fraction of sp³-hybridized carbons (Fsp3) is 0.389. The van der Waals surface area contributed by atoms with Crippen LogP contribution >= 0.6 is 0 Å². The van der Waals surface area contributed by atoms with E-state index in [9.17, 15) is 4.79 Å². The molecule has 6 nitrogen and oxygen atoms in total. The van der Waals surface area contributed by atoms with Gasteiger partial charge in [-0.15, -0.1) is 0 Å². The number of hydrogen-bond acceptors (Lipinski definition) is 5. The lowest BCUT2D eigenvalue weighted by Crippen LogP contribution is -2.44. The zero-order valence-electron chi connectivity index (χ0n) is 14.2. The third kappa shape index (κ3) is 3.89. The van der Waals surface area contributed by atoms with Crippen molar-refractivity contribution >= 4 is 17.4 Å². The summed E-state index contributed by atoms with van der Waals surface area (Å²) in [7, 11) is 2.11. The van der Waals surface area contributed by atoms with Gasteiger partial charge in [-0.1, -0.05) is 19.1 Å². The number of aromatic nitrogens is 2. The number of anilines is 2. The van der Waals surface area contributed by atoms with Crippen molar-refractivity contribution in [1.29, 1.82) is 0 Å². The molecule has 1 aromatic heterocycles. The zero-order valence-corrected chi connectivity index (χ0v) is 14.2. The summed E-state index contributed by atoms with van der Waals surface area (Å²) < 4.78 is 0. The maximum absolute atomic E-state index is 12.3. The van der Waals surface area contributed by atoms with Crippen LogP contribution in [-0.2, 0) is 6.42 Å². The highest BCUT2D eigenvalue weighted by atomic mass is 16.1. The summed E-state index contributed by atoms with van der Waals surface area (Å²) >= 11 is 0. The Bertz CT molecular complexity index is 676. The topological polar surface area (TPSA) is 61.4 Å². The molecule has 0 aliphatic carbocycles. The highest BCUT2D eigenvalue weighted by molar-refractivity contribution is 6.02. The third-order valence-electron chi connectivity index (χ3n) is 4.32. The highest BCUT2D eigenvalue weighted by Crippen LogP contribution is 2.14. The number of carbonyl (C=O) groups excluding carboxylic acids is 1. The summed E-state index contributed by atoms with van der Waals surface area (Å²) in [4.78, 5) is 25.4. The molecule has 1 amide bonds. The van der Waals surface area contributed by atoms with E-state index in [2.05, 4.69) is 39.1 Å². The molecule has 1 aliphatic heterocycles. The normalized spacial score (nSPS) is 15.3. The van der Waals surface area contributed by atoms with Gasteiger partial charge < -0.3 is 15.1 Å². The van der Waals surface area contributed by atoms with E-state index >= 15 is 0 Å². The Balaban J connectivity index is 1.62. The van der Waals surface area contributed by atoms with Crippen molar-refractivity contribution in [3.05, 3.63) is 47.9 Å². The summed E-state index contributed by atoms with van der Waals surface area (Å²) in [6.45, 7) is 5.99. The number of benzene rings is 1. The molecule has 1 saturated heterocycles. The minimum Gasteiger partial charge on any atom is -0.353 e. The number of nitrogens with one attached hydrogen (secondary N) is 1. The molecule has 1 aliphatic rings. The van der Waals surface area contributed by atoms with Gasteiger partial charge in [0.15, 0.2) is 0 Å². The first-order valence-electron chi connectivity index (χ1n) is 8.31. The number of nitrogens with zero attached hydrogens (tertiary/aromatic N) is 4. The standard InChI is InChI=1S/C18H23N5O/c1-3-14-4-6-15(7-5-14)21-18(24)16-12-20-17(13-19-16)23-10-8-22(2)9-11-23/h4-7,12-13H,3,8-11H2,1-2H3,(H,21,24). The average molecular weight is 325 g/mol. The van der Waals surface area contributed by atoms with Crippen molar-refractivity contribution in [1.82, 2.24) is 14.9 Å². The first-order chi connectivity index (χ1) is 11.7. The van der Waals surface area contributed by atoms with Crippen molar-refractivity contribution in [2.24, 2.45) is 0 Å². The molecule has 0 unspecified atom stereocenters. The molecule has 3 rings (SSSR count). The Labute approximate surface area is 142 Å². The molecule has 24 heavy (non-hydrogen) atoms. The van der Waals surface area contributed by atoms with Crippen LogP contribution in [0.15, 0.2) is 36.7 Å². The highest BCUT2D eigenvalue weighted by Gasteiger charge is 2.16. The molecule has 6 heteroatoms. The van der Waals surface area contributed by atoms with Crippen molar-refractivity contribution in [2.75, 3.05) is 43.4 Å². The van der Waals surface area contributed by atoms with Gasteiger partial charge in [-0.2, -0.15) is 0 Å². The van der Waals surface area contributed by atoms with E-state index in [0.29, 0.717) is 5.69 Å². The minimum absolute atomic E-state index is 0.239. The van der Waals surface area contributed by atoms with Gasteiger partial charge in [0.05, 0.1) is 12.4 Å². The van der Waals surface area contributed by atoms with Crippen molar-refractivity contribution in [2.45, 2.75) is 13.3 Å². The van der Waals surface area contributed by atoms with Gasteiger partial charge in [0, 0.05) is 31.9 Å². The third-order valence-corrected chi connectivity index (χ3v) is 4.32. The van der Waals surface area contributed by atoms with Gasteiger partial charge in [-0.05, 0) is 31.2 Å². The molecule has 0 spiro atoms. The average Bonchev–Trinajstić information content (AvgIpc) is 2.63. The van der Waals surface area contributed by atoms with E-state index in [0.717, 1.165) is 44.1 Å². The van der Waals surface area contributed by atoms with Crippen LogP contribution in [0.4, 0.5) is 11.5 Å². The first kappa shape index (κ1) is 16.4. The zero-order chi connectivity index (χ0) is 16.9. The summed E-state index contributed by atoms with van der Waals surface area (Å²) in [6, 6.07) is 7.83. The maximum atomic E-state index is 12.3. The van der Waals surface area contributed by atoms with Crippen molar-refractivity contribution in [3.8, 4) is 0 Å². The lowest BCUT2D eigenvalue weighted by Gasteiger charge is -2.32. The Morgan fingerprint density at radius 1 is 1.08 bits per heavy atom. The van der Waals surface area contributed by atoms with Crippen LogP contribution in [0.5, 0.6) is 0 Å². The second-order valence-corrected chi connectivity index (χ2v) is 6.05. The molecule has 0 radical (unpaired) electrons. The SMILES string of the molecule is CCc1ccc(NC(=O)c2cnc(N3CCN(C)CC3)cn2)cc1. The van der Waals surface area contributed by atoms with E-state index in [1.807, 2.05) is 24.3 Å². The Hall–Kier alpha value is -2.47. The Morgan fingerprint density at radius 3 is 2.38 bits per heavy atom. The van der Waals surface area contributed by atoms with Gasteiger partial charge in [0.1, 0.15) is 11.5 Å². The molecule has 126 valence electrons. The largest absolute Gasteiger partial charge is 0.353 e. The summed E-state index contributed by atoms with van der Waals surface area (Å²) in [5, 5.41) is 2.85. The van der Waals surface area contributed by atoms with Crippen LogP contribution < -0.4 is 10.2 Å². The molecule has 1 N–H and O–H groups in total. The van der Waals surface area contributed by atoms with Gasteiger partial charge in [-0.25, -0.2) is 9.97 Å². The summed E-state index contributed by atoms with van der Waals surface area (Å²) in [6.07, 6.45) is 4.21. The number of carbonyl (C=O) groups is 1. The number of aryl methyl sites for hydroxylation is 1. The van der Waals surface area contributed by atoms with Gasteiger partial charge >= 0.3 is 0 Å². The van der Waals surface area contributed by atoms with Gasteiger partial charge in [-0.3, -0.25) is 4.79 Å². The number of piperazine rings is 1. The van der Waals surface area contributed by atoms with Crippen molar-refractivity contribution < 1.29 is 4.79 Å². The molecular formula is C18H23N5O. The lowest BCUT2D eigenvalue weighted by atomic mass is 10.1. The summed E-state index contributed by atoms with van der Waals surface area (Å²) in [5.41, 5.74) is 2.33. The van der Waals surface area contributed by atoms with Crippen LogP contribution in [0.25, 0.3) is 0 Å². The summed E-state index contributed by atoms with van der Waals surface area (Å²) in [5.74, 6) is 0.587. The maximum Gasteiger partial charge on any atom is 0.275 e. The number of amides is 1. The first-order valence-corrected chi connectivity index (χ1v) is 8.31. The fourth-order valence-corrected chi connectivity index (χ4v) is 2.66. The van der Waals surface area contributed by atoms with E-state index in [-0.39, 0.29) is 5.91 Å². The van der Waals surface area contributed by atoms with Gasteiger partial charge in [0.25, 0.3) is 5.91 Å². The molecule has 1 aromatic carbocycles. The van der Waals surface area contributed by atoms with Crippen LogP contribution in [0, 0.1) is 0 Å². The Kier molecular flexibility index (Phi) is 5.05. The van der Waals surface area contributed by atoms with E-state index < -0.39 is 0 Å². The molecule has 2 heterocycles. The Morgan fingerprint density at radius 2 is 1.79 bits per heavy atom. The minimum atomic E-state index is -0.239. The van der Waals surface area contributed by atoms with E-state index in [1.165, 1.54) is 5.56 Å². The second-order valence-electron chi connectivity index (χ2n) is 6.05. The quantitative estimate of drug-likeness (QED) is 0.932. The fourth-order valence-electron chi connectivity index (χ4n) is 2.66. The molecule has 0 atom stereocenters. The van der Waals surface area contributed by atoms with E-state index in [1.54, 1.807) is 12.4 Å². The van der Waals surface area contributed by atoms with Crippen LogP contribution in [0.3, 0.4) is 0 Å². The molecule has 1 fully saturated rings. The van der Waals surface area contributed by atoms with Gasteiger partial charge in [0.2, 0.25) is 0 Å². The molecule has 2 aromatic rings. The molecule has 0 saturated carbocycles. The second kappa shape index (κ2) is 7.40. The van der Waals surface area contributed by atoms with Crippen molar-refractivity contribution in [3.63, 3.8) is 0 Å². The number of rotatable bonds is 4. The van der Waals surface area contributed by atoms with E-state index in [4.69, 9.17) is 0 Å². The lowest BCUT2D eigenvalue weighted by molar-refractivity contribution is 0.102. The monoisotopic (exact) mass is 325 g/mol. The van der Waals surface area contributed by atoms with Crippen LogP contribution in [0.2, 0.25) is 0 Å². The smallest absolute Gasteiger partial charge is 0.275 e. The number of hydrogen-bond donors (Lipinski definition) is 1. The predicted molar refractivity (Wildman–Crippen MR) is 95.5 cm³/mol. The molecule has 0 bridgehead atoms. The van der Waals surface area contributed by atoms with Crippen LogP contribution in [0.1, 0.15) is 23.0 Å². The molecular weight excluding hydrogens is 302 g/mol. The predicted octanol–water partition coefficient (Wildman–Crippen LogP) is 2.04. The number of likely N-dealkylation sites (N-methyl/N-ethyl adjacent to an activating group) is 1.